The highest BCUT2D eigenvalue weighted by atomic mass is 16.4. The van der Waals surface area contributed by atoms with E-state index in [9.17, 15) is 0 Å². The van der Waals surface area contributed by atoms with Crippen LogP contribution in [0.3, 0.4) is 0 Å². The SMILES string of the molecule is [B]/C(=N\O)c1ccc(C#N)cc1. The molecule has 0 saturated heterocycles. The molecule has 2 radical (unpaired) electrons. The van der Waals surface area contributed by atoms with Crippen molar-refractivity contribution in [3.05, 3.63) is 35.4 Å². The van der Waals surface area contributed by atoms with Gasteiger partial charge in [0.2, 0.25) is 0 Å². The van der Waals surface area contributed by atoms with Crippen molar-refractivity contribution < 1.29 is 5.21 Å². The second kappa shape index (κ2) is 3.58. The van der Waals surface area contributed by atoms with Crippen molar-refractivity contribution in [2.45, 2.75) is 0 Å². The van der Waals surface area contributed by atoms with E-state index >= 15 is 0 Å². The van der Waals surface area contributed by atoms with Gasteiger partial charge in [-0.2, -0.15) is 5.26 Å². The second-order valence-corrected chi connectivity index (χ2v) is 2.17. The molecule has 0 aromatic heterocycles. The Hall–Kier alpha value is -1.76. The van der Waals surface area contributed by atoms with Crippen LogP contribution in [0.25, 0.3) is 0 Å². The molecule has 56 valence electrons. The molecule has 0 bridgehead atoms. The zero-order chi connectivity index (χ0) is 8.97. The van der Waals surface area contributed by atoms with E-state index in [1.165, 1.54) is 0 Å². The Bertz CT molecular complexity index is 337. The van der Waals surface area contributed by atoms with Gasteiger partial charge in [0, 0.05) is 5.61 Å². The number of benzene rings is 1. The third kappa shape index (κ3) is 1.64. The zero-order valence-corrected chi connectivity index (χ0v) is 6.23. The number of nitriles is 1. The van der Waals surface area contributed by atoms with Crippen LogP contribution in [0.4, 0.5) is 0 Å². The van der Waals surface area contributed by atoms with Crippen LogP contribution in [0.15, 0.2) is 29.4 Å². The minimum atomic E-state index is 0.0412. The van der Waals surface area contributed by atoms with E-state index in [2.05, 4.69) is 5.16 Å². The number of rotatable bonds is 1. The first-order valence-corrected chi connectivity index (χ1v) is 3.26. The van der Waals surface area contributed by atoms with E-state index in [0.717, 1.165) is 0 Å². The maximum absolute atomic E-state index is 8.46. The molecule has 1 aromatic rings. The third-order valence-corrected chi connectivity index (χ3v) is 1.42. The molecule has 0 atom stereocenters. The fourth-order valence-corrected chi connectivity index (χ4v) is 0.773. The Morgan fingerprint density at radius 2 is 2.00 bits per heavy atom. The van der Waals surface area contributed by atoms with E-state index in [-0.39, 0.29) is 5.61 Å². The molecule has 0 aliphatic carbocycles. The minimum absolute atomic E-state index is 0.0412. The molecule has 0 aliphatic rings. The molecule has 0 saturated carbocycles. The highest BCUT2D eigenvalue weighted by Crippen LogP contribution is 2.02. The summed E-state index contributed by atoms with van der Waals surface area (Å²) in [5, 5.41) is 19.6. The molecule has 4 heteroatoms. The van der Waals surface area contributed by atoms with Gasteiger partial charge in [0.05, 0.1) is 11.6 Å². The molecule has 0 fully saturated rings. The largest absolute Gasteiger partial charge is 0.411 e. The van der Waals surface area contributed by atoms with Crippen molar-refractivity contribution in [1.82, 2.24) is 0 Å². The maximum Gasteiger partial charge on any atom is 0.147 e. The highest BCUT2D eigenvalue weighted by Gasteiger charge is 1.96. The molecule has 1 rings (SSSR count). The summed E-state index contributed by atoms with van der Waals surface area (Å²) < 4.78 is 0. The lowest BCUT2D eigenvalue weighted by Crippen LogP contribution is -1.98. The monoisotopic (exact) mass is 156 g/mol. The van der Waals surface area contributed by atoms with Crippen molar-refractivity contribution in [2.24, 2.45) is 5.16 Å². The van der Waals surface area contributed by atoms with E-state index in [0.29, 0.717) is 11.1 Å². The molecular formula is C8H5BN2O. The van der Waals surface area contributed by atoms with Crippen LogP contribution < -0.4 is 0 Å². The lowest BCUT2D eigenvalue weighted by molar-refractivity contribution is 0.321. The average molecular weight is 156 g/mol. The minimum Gasteiger partial charge on any atom is -0.411 e. The lowest BCUT2D eigenvalue weighted by Gasteiger charge is -1.96. The topological polar surface area (TPSA) is 56.4 Å². The number of hydrogen-bond acceptors (Lipinski definition) is 3. The number of nitrogens with zero attached hydrogens (tertiary/aromatic N) is 2. The Balaban J connectivity index is 3.02. The molecule has 1 aromatic carbocycles. The van der Waals surface area contributed by atoms with Gasteiger partial charge in [0.15, 0.2) is 0 Å². The van der Waals surface area contributed by atoms with Crippen LogP contribution in [-0.2, 0) is 0 Å². The van der Waals surface area contributed by atoms with Crippen molar-refractivity contribution in [3.8, 4) is 6.07 Å². The van der Waals surface area contributed by atoms with Gasteiger partial charge in [0.1, 0.15) is 7.85 Å². The van der Waals surface area contributed by atoms with Gasteiger partial charge in [0.25, 0.3) is 0 Å². The summed E-state index contributed by atoms with van der Waals surface area (Å²) in [7, 11) is 5.30. The molecule has 0 heterocycles. The summed E-state index contributed by atoms with van der Waals surface area (Å²) in [6.45, 7) is 0. The van der Waals surface area contributed by atoms with Crippen LogP contribution in [0.1, 0.15) is 11.1 Å². The van der Waals surface area contributed by atoms with E-state index in [4.69, 9.17) is 18.3 Å². The first-order valence-electron chi connectivity index (χ1n) is 3.26. The quantitative estimate of drug-likeness (QED) is 0.283. The fraction of sp³-hybridized carbons (Fsp3) is 0. The Labute approximate surface area is 71.3 Å². The maximum atomic E-state index is 8.46. The van der Waals surface area contributed by atoms with Gasteiger partial charge in [-0.1, -0.05) is 12.1 Å². The third-order valence-electron chi connectivity index (χ3n) is 1.42. The molecule has 0 spiro atoms. The Kier molecular flexibility index (Phi) is 2.49. The molecule has 3 nitrogen and oxygen atoms in total. The molecule has 12 heavy (non-hydrogen) atoms. The lowest BCUT2D eigenvalue weighted by atomic mass is 9.93. The number of hydrogen-bond donors (Lipinski definition) is 1. The van der Waals surface area contributed by atoms with Crippen LogP contribution in [0, 0.1) is 11.3 Å². The van der Waals surface area contributed by atoms with Crippen molar-refractivity contribution in [3.63, 3.8) is 0 Å². The van der Waals surface area contributed by atoms with Crippen molar-refractivity contribution >= 4 is 13.5 Å². The molecule has 0 unspecified atom stereocenters. The second-order valence-electron chi connectivity index (χ2n) is 2.17. The average Bonchev–Trinajstić information content (AvgIpc) is 2.17. The molecule has 0 aliphatic heterocycles. The van der Waals surface area contributed by atoms with Crippen LogP contribution >= 0.6 is 0 Å². The van der Waals surface area contributed by atoms with E-state index < -0.39 is 0 Å². The van der Waals surface area contributed by atoms with Gasteiger partial charge < -0.3 is 5.21 Å². The predicted octanol–water partition coefficient (Wildman–Crippen LogP) is 0.863. The van der Waals surface area contributed by atoms with Crippen molar-refractivity contribution in [1.29, 1.82) is 5.26 Å². The fourth-order valence-electron chi connectivity index (χ4n) is 0.773. The summed E-state index contributed by atoms with van der Waals surface area (Å²) in [5.41, 5.74) is 1.18. The Morgan fingerprint density at radius 3 is 2.42 bits per heavy atom. The summed E-state index contributed by atoms with van der Waals surface area (Å²) >= 11 is 0. The van der Waals surface area contributed by atoms with Crippen molar-refractivity contribution in [2.75, 3.05) is 0 Å². The van der Waals surface area contributed by atoms with E-state index in [1.54, 1.807) is 24.3 Å². The Morgan fingerprint density at radius 1 is 1.42 bits per heavy atom. The summed E-state index contributed by atoms with van der Waals surface area (Å²) in [5.74, 6) is 0. The normalized spacial score (nSPS) is 10.8. The van der Waals surface area contributed by atoms with Gasteiger partial charge >= 0.3 is 0 Å². The molecule has 0 amide bonds. The summed E-state index contributed by atoms with van der Waals surface area (Å²) in [4.78, 5) is 0. The summed E-state index contributed by atoms with van der Waals surface area (Å²) in [6, 6.07) is 8.41. The standard InChI is InChI=1S/C8H5BN2O/c9-8(11-12)7-3-1-6(5-10)2-4-7/h1-4,12H/b11-8-. The van der Waals surface area contributed by atoms with Gasteiger partial charge in [-0.25, -0.2) is 0 Å². The molecular weight excluding hydrogens is 151 g/mol. The van der Waals surface area contributed by atoms with Crippen LogP contribution in [0.2, 0.25) is 0 Å². The van der Waals surface area contributed by atoms with Crippen LogP contribution in [0.5, 0.6) is 0 Å². The first-order chi connectivity index (χ1) is 5.77. The first kappa shape index (κ1) is 8.34. The van der Waals surface area contributed by atoms with Gasteiger partial charge in [-0.3, -0.25) is 0 Å². The summed E-state index contributed by atoms with van der Waals surface area (Å²) in [6.07, 6.45) is 0. The van der Waals surface area contributed by atoms with Gasteiger partial charge in [-0.05, 0) is 17.7 Å². The van der Waals surface area contributed by atoms with E-state index in [1.807, 2.05) is 6.07 Å². The zero-order valence-electron chi connectivity index (χ0n) is 6.23. The van der Waals surface area contributed by atoms with Gasteiger partial charge in [-0.15, -0.1) is 5.16 Å². The number of oxime groups is 1. The highest BCUT2D eigenvalue weighted by molar-refractivity contribution is 6.64. The molecule has 1 N–H and O–H groups in total. The predicted molar refractivity (Wildman–Crippen MR) is 45.2 cm³/mol. The van der Waals surface area contributed by atoms with Crippen LogP contribution in [-0.4, -0.2) is 18.7 Å². The smallest absolute Gasteiger partial charge is 0.147 e.